The highest BCUT2D eigenvalue weighted by molar-refractivity contribution is 5.74. The number of carboxylic acids is 1. The average molecular weight is 325 g/mol. The minimum absolute atomic E-state index is 0.351. The summed E-state index contributed by atoms with van der Waals surface area (Å²) in [6.45, 7) is -0.351. The number of benzene rings is 2. The lowest BCUT2D eigenvalue weighted by molar-refractivity contribution is -0.144. The number of anilines is 1. The second-order valence-electron chi connectivity index (χ2n) is 5.61. The first-order valence-electron chi connectivity index (χ1n) is 7.78. The van der Waals surface area contributed by atoms with Gasteiger partial charge >= 0.3 is 5.97 Å². The van der Waals surface area contributed by atoms with E-state index in [-0.39, 0.29) is 6.61 Å². The standard InChI is InChI=1S/C19H19NO4/c21-13-17-18(19(22)23)16(12-11-14-7-3-1-4-8-14)20(24-17)15-9-5-2-6-10-15/h1-12,16-18,21H,13H2,(H,22,23). The van der Waals surface area contributed by atoms with Gasteiger partial charge in [-0.05, 0) is 17.7 Å². The lowest BCUT2D eigenvalue weighted by Gasteiger charge is -2.23. The summed E-state index contributed by atoms with van der Waals surface area (Å²) in [5.74, 6) is -1.84. The normalized spacial score (nSPS) is 23.7. The molecule has 0 amide bonds. The van der Waals surface area contributed by atoms with Crippen LogP contribution in [0.5, 0.6) is 0 Å². The van der Waals surface area contributed by atoms with Crippen molar-refractivity contribution in [2.45, 2.75) is 12.1 Å². The highest BCUT2D eigenvalue weighted by atomic mass is 16.7. The number of hydrogen-bond donors (Lipinski definition) is 2. The minimum Gasteiger partial charge on any atom is -0.481 e. The van der Waals surface area contributed by atoms with Crippen LogP contribution in [0.3, 0.4) is 0 Å². The van der Waals surface area contributed by atoms with E-state index >= 15 is 0 Å². The second-order valence-corrected chi connectivity index (χ2v) is 5.61. The van der Waals surface area contributed by atoms with Crippen LogP contribution in [0.25, 0.3) is 6.08 Å². The van der Waals surface area contributed by atoms with E-state index in [2.05, 4.69) is 0 Å². The molecule has 1 saturated heterocycles. The Labute approximate surface area is 140 Å². The number of rotatable bonds is 5. The molecule has 2 aromatic carbocycles. The van der Waals surface area contributed by atoms with Gasteiger partial charge in [0.15, 0.2) is 0 Å². The predicted molar refractivity (Wildman–Crippen MR) is 91.3 cm³/mol. The molecule has 1 fully saturated rings. The molecule has 5 nitrogen and oxygen atoms in total. The first-order valence-corrected chi connectivity index (χ1v) is 7.78. The van der Waals surface area contributed by atoms with Crippen LogP contribution in [-0.2, 0) is 9.63 Å². The number of aliphatic hydroxyl groups is 1. The first kappa shape index (κ1) is 16.2. The molecule has 5 heteroatoms. The zero-order valence-electron chi connectivity index (χ0n) is 13.0. The maximum Gasteiger partial charge on any atom is 0.311 e. The van der Waals surface area contributed by atoms with Crippen molar-refractivity contribution in [3.8, 4) is 0 Å². The predicted octanol–water partition coefficient (Wildman–Crippen LogP) is 2.58. The van der Waals surface area contributed by atoms with Crippen LogP contribution >= 0.6 is 0 Å². The Bertz CT molecular complexity index is 702. The van der Waals surface area contributed by atoms with Gasteiger partial charge in [0, 0.05) is 0 Å². The van der Waals surface area contributed by atoms with E-state index in [1.165, 1.54) is 0 Å². The van der Waals surface area contributed by atoms with Crippen molar-refractivity contribution in [2.24, 2.45) is 5.92 Å². The van der Waals surface area contributed by atoms with Crippen LogP contribution in [-0.4, -0.2) is 34.9 Å². The Hall–Kier alpha value is -2.63. The average Bonchev–Trinajstić information content (AvgIpc) is 3.00. The van der Waals surface area contributed by atoms with Crippen molar-refractivity contribution in [1.82, 2.24) is 0 Å². The summed E-state index contributed by atoms with van der Waals surface area (Å²) in [7, 11) is 0. The topological polar surface area (TPSA) is 70.0 Å². The fourth-order valence-electron chi connectivity index (χ4n) is 2.88. The summed E-state index contributed by atoms with van der Waals surface area (Å²) in [4.78, 5) is 17.4. The number of hydrogen-bond acceptors (Lipinski definition) is 4. The molecule has 0 aliphatic carbocycles. The van der Waals surface area contributed by atoms with Gasteiger partial charge in [-0.3, -0.25) is 9.63 Å². The third kappa shape index (κ3) is 3.32. The van der Waals surface area contributed by atoms with Crippen LogP contribution in [0.2, 0.25) is 0 Å². The molecule has 0 saturated carbocycles. The SMILES string of the molecule is O=C(O)C1C(CO)ON(c2ccccc2)C1C=Cc1ccccc1. The molecule has 0 radical (unpaired) electrons. The van der Waals surface area contributed by atoms with Crippen molar-refractivity contribution in [1.29, 1.82) is 0 Å². The number of carbonyl (C=O) groups is 1. The number of aliphatic carboxylic acids is 1. The number of hydroxylamine groups is 1. The van der Waals surface area contributed by atoms with Crippen LogP contribution in [0, 0.1) is 5.92 Å². The molecule has 2 N–H and O–H groups in total. The molecule has 1 aliphatic rings. The third-order valence-corrected chi connectivity index (χ3v) is 4.05. The fourth-order valence-corrected chi connectivity index (χ4v) is 2.88. The van der Waals surface area contributed by atoms with E-state index in [1.54, 1.807) is 5.06 Å². The molecule has 1 aliphatic heterocycles. The Morgan fingerprint density at radius 1 is 1.08 bits per heavy atom. The largest absolute Gasteiger partial charge is 0.481 e. The summed E-state index contributed by atoms with van der Waals surface area (Å²) in [5, 5.41) is 20.7. The monoisotopic (exact) mass is 325 g/mol. The maximum absolute atomic E-state index is 11.7. The van der Waals surface area contributed by atoms with Crippen molar-refractivity contribution >= 4 is 17.7 Å². The summed E-state index contributed by atoms with van der Waals surface area (Å²) in [5.41, 5.74) is 1.73. The highest BCUT2D eigenvalue weighted by Gasteiger charge is 2.46. The number of nitrogens with zero attached hydrogens (tertiary/aromatic N) is 1. The molecule has 1 heterocycles. The van der Waals surface area contributed by atoms with Crippen LogP contribution in [0.15, 0.2) is 66.7 Å². The van der Waals surface area contributed by atoms with E-state index in [1.807, 2.05) is 72.8 Å². The zero-order chi connectivity index (χ0) is 16.9. The van der Waals surface area contributed by atoms with Gasteiger partial charge in [0.2, 0.25) is 0 Å². The number of aliphatic hydroxyl groups excluding tert-OH is 1. The molecule has 0 aromatic heterocycles. The Balaban J connectivity index is 1.94. The molecular weight excluding hydrogens is 306 g/mol. The second kappa shape index (κ2) is 7.29. The van der Waals surface area contributed by atoms with E-state index < -0.39 is 24.0 Å². The smallest absolute Gasteiger partial charge is 0.311 e. The zero-order valence-corrected chi connectivity index (χ0v) is 13.0. The van der Waals surface area contributed by atoms with Crippen molar-refractivity contribution < 1.29 is 19.8 Å². The van der Waals surface area contributed by atoms with Gasteiger partial charge in [-0.1, -0.05) is 60.7 Å². The van der Waals surface area contributed by atoms with Crippen LogP contribution in [0.4, 0.5) is 5.69 Å². The van der Waals surface area contributed by atoms with E-state index in [4.69, 9.17) is 4.84 Å². The van der Waals surface area contributed by atoms with E-state index in [0.29, 0.717) is 0 Å². The van der Waals surface area contributed by atoms with Crippen molar-refractivity contribution in [3.05, 3.63) is 72.3 Å². The van der Waals surface area contributed by atoms with Gasteiger partial charge in [0.05, 0.1) is 18.3 Å². The third-order valence-electron chi connectivity index (χ3n) is 4.05. The van der Waals surface area contributed by atoms with Gasteiger partial charge in [-0.25, -0.2) is 5.06 Å². The summed E-state index contributed by atoms with van der Waals surface area (Å²) >= 11 is 0. The lowest BCUT2D eigenvalue weighted by Crippen LogP contribution is -2.35. The number of carboxylic acid groups (broad SMARTS) is 1. The van der Waals surface area contributed by atoms with Crippen molar-refractivity contribution in [3.63, 3.8) is 0 Å². The highest BCUT2D eigenvalue weighted by Crippen LogP contribution is 2.33. The quantitative estimate of drug-likeness (QED) is 0.884. The first-order chi connectivity index (χ1) is 11.7. The van der Waals surface area contributed by atoms with Crippen LogP contribution < -0.4 is 5.06 Å². The Kier molecular flexibility index (Phi) is 4.93. The molecule has 124 valence electrons. The summed E-state index contributed by atoms with van der Waals surface area (Å²) in [6.07, 6.45) is 2.91. The summed E-state index contributed by atoms with van der Waals surface area (Å²) < 4.78 is 0. The summed E-state index contributed by atoms with van der Waals surface area (Å²) in [6, 6.07) is 18.4. The van der Waals surface area contributed by atoms with Gasteiger partial charge in [0.25, 0.3) is 0 Å². The number of para-hydroxylation sites is 1. The molecule has 3 rings (SSSR count). The van der Waals surface area contributed by atoms with Crippen molar-refractivity contribution in [2.75, 3.05) is 11.7 Å². The molecule has 3 unspecified atom stereocenters. The maximum atomic E-state index is 11.7. The molecule has 24 heavy (non-hydrogen) atoms. The fraction of sp³-hybridized carbons (Fsp3) is 0.211. The molecule has 2 aromatic rings. The Morgan fingerprint density at radius 3 is 2.29 bits per heavy atom. The molecule has 0 bridgehead atoms. The van der Waals surface area contributed by atoms with Gasteiger partial charge < -0.3 is 10.2 Å². The molecule has 0 spiro atoms. The molecular formula is C19H19NO4. The van der Waals surface area contributed by atoms with Gasteiger partial charge in [-0.15, -0.1) is 0 Å². The van der Waals surface area contributed by atoms with Crippen LogP contribution in [0.1, 0.15) is 5.56 Å². The minimum atomic E-state index is -0.991. The Morgan fingerprint density at radius 2 is 1.71 bits per heavy atom. The molecule has 3 atom stereocenters. The lowest BCUT2D eigenvalue weighted by atomic mass is 9.94. The van der Waals surface area contributed by atoms with E-state index in [0.717, 1.165) is 11.3 Å². The van der Waals surface area contributed by atoms with Gasteiger partial charge in [0.1, 0.15) is 12.0 Å². The van der Waals surface area contributed by atoms with Gasteiger partial charge in [-0.2, -0.15) is 0 Å². The van der Waals surface area contributed by atoms with E-state index in [9.17, 15) is 15.0 Å².